The Balaban J connectivity index is 1.66. The van der Waals surface area contributed by atoms with E-state index in [4.69, 9.17) is 0 Å². The minimum atomic E-state index is 0.850. The van der Waals surface area contributed by atoms with Gasteiger partial charge in [0.2, 0.25) is 0 Å². The molecule has 24 heavy (non-hydrogen) atoms. The van der Waals surface area contributed by atoms with E-state index in [1.165, 1.54) is 11.1 Å². The molecule has 0 atom stereocenters. The first-order chi connectivity index (χ1) is 11.7. The second-order valence-corrected chi connectivity index (χ2v) is 5.85. The van der Waals surface area contributed by atoms with Crippen molar-refractivity contribution in [1.29, 1.82) is 0 Å². The Labute approximate surface area is 143 Å². The van der Waals surface area contributed by atoms with E-state index in [0.717, 1.165) is 22.5 Å². The van der Waals surface area contributed by atoms with E-state index in [2.05, 4.69) is 72.3 Å². The molecule has 2 aromatic carbocycles. The molecule has 0 aliphatic carbocycles. The maximum atomic E-state index is 4.44. The lowest BCUT2D eigenvalue weighted by Gasteiger charge is -1.97. The van der Waals surface area contributed by atoms with Crippen LogP contribution in [0.1, 0.15) is 33.6 Å². The van der Waals surface area contributed by atoms with E-state index >= 15 is 0 Å². The molecule has 1 heterocycles. The number of hydrogen-bond acceptors (Lipinski definition) is 2. The van der Waals surface area contributed by atoms with Crippen LogP contribution in [0.4, 0.5) is 0 Å². The molecule has 3 rings (SSSR count). The third-order valence-electron chi connectivity index (χ3n) is 3.74. The van der Waals surface area contributed by atoms with Crippen LogP contribution in [0.15, 0.2) is 60.9 Å². The Hall–Kier alpha value is -3.00. The average Bonchev–Trinajstić information content (AvgIpc) is 2.62. The summed E-state index contributed by atoms with van der Waals surface area (Å²) in [7, 11) is 0. The van der Waals surface area contributed by atoms with Crippen LogP contribution in [0, 0.1) is 13.8 Å². The average molecular weight is 312 g/mol. The van der Waals surface area contributed by atoms with Crippen LogP contribution in [-0.2, 0) is 0 Å². The lowest BCUT2D eigenvalue weighted by Crippen LogP contribution is -1.86. The summed E-state index contributed by atoms with van der Waals surface area (Å²) in [4.78, 5) is 8.87. The highest BCUT2D eigenvalue weighted by molar-refractivity contribution is 5.69. The van der Waals surface area contributed by atoms with Crippen molar-refractivity contribution in [2.75, 3.05) is 0 Å². The first kappa shape index (κ1) is 15.9. The number of benzene rings is 2. The third kappa shape index (κ3) is 4.50. The van der Waals surface area contributed by atoms with Gasteiger partial charge in [0.1, 0.15) is 0 Å². The highest BCUT2D eigenvalue weighted by Gasteiger charge is 1.93. The van der Waals surface area contributed by atoms with Crippen molar-refractivity contribution < 1.29 is 0 Å². The van der Waals surface area contributed by atoms with E-state index in [1.54, 1.807) is 12.4 Å². The quantitative estimate of drug-likeness (QED) is 0.641. The van der Waals surface area contributed by atoms with E-state index < -0.39 is 0 Å². The van der Waals surface area contributed by atoms with Crippen LogP contribution < -0.4 is 0 Å². The minimum absolute atomic E-state index is 0.850. The van der Waals surface area contributed by atoms with Crippen molar-refractivity contribution in [3.05, 3.63) is 94.6 Å². The molecular formula is C22H20N2. The molecule has 0 saturated heterocycles. The first-order valence-electron chi connectivity index (χ1n) is 8.01. The van der Waals surface area contributed by atoms with E-state index in [-0.39, 0.29) is 0 Å². The van der Waals surface area contributed by atoms with Gasteiger partial charge in [-0.25, -0.2) is 0 Å². The van der Waals surface area contributed by atoms with Crippen LogP contribution in [-0.4, -0.2) is 9.97 Å². The Morgan fingerprint density at radius 3 is 1.25 bits per heavy atom. The largest absolute Gasteiger partial charge is 0.253 e. The molecule has 0 radical (unpaired) electrons. The molecule has 0 aliphatic rings. The summed E-state index contributed by atoms with van der Waals surface area (Å²) in [5, 5.41) is 0. The normalized spacial score (nSPS) is 11.4. The molecule has 0 aliphatic heterocycles. The molecule has 0 unspecified atom stereocenters. The fraction of sp³-hybridized carbons (Fsp3) is 0.0909. The number of aromatic nitrogens is 2. The van der Waals surface area contributed by atoms with Crippen LogP contribution in [0.25, 0.3) is 24.3 Å². The SMILES string of the molecule is Cc1ccc(C=Cc2cnc(C=Cc3ccc(C)cc3)cn2)cc1. The molecule has 0 amide bonds. The summed E-state index contributed by atoms with van der Waals surface area (Å²) in [5.41, 5.74) is 6.54. The molecule has 0 saturated carbocycles. The van der Waals surface area contributed by atoms with Crippen LogP contribution in [0.3, 0.4) is 0 Å². The van der Waals surface area contributed by atoms with Gasteiger partial charge < -0.3 is 0 Å². The molecule has 0 fully saturated rings. The molecule has 0 bridgehead atoms. The van der Waals surface area contributed by atoms with Gasteiger partial charge in [0.25, 0.3) is 0 Å². The second-order valence-electron chi connectivity index (χ2n) is 5.85. The summed E-state index contributed by atoms with van der Waals surface area (Å²) in [6, 6.07) is 16.8. The third-order valence-corrected chi connectivity index (χ3v) is 3.74. The van der Waals surface area contributed by atoms with E-state index in [0.29, 0.717) is 0 Å². The number of nitrogens with zero attached hydrogens (tertiary/aromatic N) is 2. The zero-order valence-electron chi connectivity index (χ0n) is 14.0. The molecule has 2 nitrogen and oxygen atoms in total. The lowest BCUT2D eigenvalue weighted by molar-refractivity contribution is 1.16. The van der Waals surface area contributed by atoms with Gasteiger partial charge in [0, 0.05) is 0 Å². The van der Waals surface area contributed by atoms with Gasteiger partial charge in [-0.3, -0.25) is 9.97 Å². The second kappa shape index (κ2) is 7.51. The Morgan fingerprint density at radius 1 is 0.542 bits per heavy atom. The fourth-order valence-corrected chi connectivity index (χ4v) is 2.24. The first-order valence-corrected chi connectivity index (χ1v) is 8.01. The van der Waals surface area contributed by atoms with Gasteiger partial charge in [-0.1, -0.05) is 71.8 Å². The summed E-state index contributed by atoms with van der Waals surface area (Å²) < 4.78 is 0. The van der Waals surface area contributed by atoms with Crippen LogP contribution >= 0.6 is 0 Å². The molecule has 118 valence electrons. The van der Waals surface area contributed by atoms with Crippen molar-refractivity contribution in [1.82, 2.24) is 9.97 Å². The number of rotatable bonds is 4. The summed E-state index contributed by atoms with van der Waals surface area (Å²) in [6.45, 7) is 4.17. The zero-order valence-corrected chi connectivity index (χ0v) is 14.0. The van der Waals surface area contributed by atoms with E-state index in [9.17, 15) is 0 Å². The molecular weight excluding hydrogens is 292 g/mol. The van der Waals surface area contributed by atoms with Gasteiger partial charge in [0.15, 0.2) is 0 Å². The maximum Gasteiger partial charge on any atom is 0.0813 e. The summed E-state index contributed by atoms with van der Waals surface area (Å²) in [5.74, 6) is 0. The highest BCUT2D eigenvalue weighted by atomic mass is 14.8. The standard InChI is InChI=1S/C22H20N2/c1-17-3-7-19(8-4-17)11-13-21-15-24-22(16-23-21)14-12-20-9-5-18(2)6-10-20/h3-16H,1-2H3. The molecule has 0 spiro atoms. The van der Waals surface area contributed by atoms with Crippen molar-refractivity contribution in [2.45, 2.75) is 13.8 Å². The monoisotopic (exact) mass is 312 g/mol. The number of hydrogen-bond donors (Lipinski definition) is 0. The maximum absolute atomic E-state index is 4.44. The number of aryl methyl sites for hydroxylation is 2. The van der Waals surface area contributed by atoms with Crippen molar-refractivity contribution in [3.63, 3.8) is 0 Å². The molecule has 0 N–H and O–H groups in total. The van der Waals surface area contributed by atoms with Gasteiger partial charge in [-0.2, -0.15) is 0 Å². The van der Waals surface area contributed by atoms with Gasteiger partial charge >= 0.3 is 0 Å². The summed E-state index contributed by atoms with van der Waals surface area (Å²) >= 11 is 0. The van der Waals surface area contributed by atoms with Gasteiger partial charge in [0.05, 0.1) is 23.8 Å². The minimum Gasteiger partial charge on any atom is -0.253 e. The smallest absolute Gasteiger partial charge is 0.0813 e. The predicted molar refractivity (Wildman–Crippen MR) is 102 cm³/mol. The van der Waals surface area contributed by atoms with Crippen molar-refractivity contribution in [3.8, 4) is 0 Å². The summed E-state index contributed by atoms with van der Waals surface area (Å²) in [6.07, 6.45) is 11.6. The Bertz CT molecular complexity index is 765. The molecule has 3 aromatic rings. The molecule has 2 heteroatoms. The van der Waals surface area contributed by atoms with Gasteiger partial charge in [-0.15, -0.1) is 0 Å². The Morgan fingerprint density at radius 2 is 0.917 bits per heavy atom. The topological polar surface area (TPSA) is 25.8 Å². The van der Waals surface area contributed by atoms with Gasteiger partial charge in [-0.05, 0) is 37.1 Å². The highest BCUT2D eigenvalue weighted by Crippen LogP contribution is 2.10. The lowest BCUT2D eigenvalue weighted by atomic mass is 10.1. The van der Waals surface area contributed by atoms with Crippen molar-refractivity contribution in [2.24, 2.45) is 0 Å². The van der Waals surface area contributed by atoms with Crippen LogP contribution in [0.5, 0.6) is 0 Å². The molecule has 1 aromatic heterocycles. The fourth-order valence-electron chi connectivity index (χ4n) is 2.24. The van der Waals surface area contributed by atoms with Crippen molar-refractivity contribution >= 4 is 24.3 Å². The zero-order chi connectivity index (χ0) is 16.8. The van der Waals surface area contributed by atoms with Crippen LogP contribution in [0.2, 0.25) is 0 Å². The predicted octanol–water partition coefficient (Wildman–Crippen LogP) is 5.43. The Kier molecular flexibility index (Phi) is 4.97. The van der Waals surface area contributed by atoms with E-state index in [1.807, 2.05) is 24.3 Å².